The maximum absolute atomic E-state index is 14.0. The standard InChI is InChI=1S/C28H18ClFN6O3/c1-38-26-19(14-32-28(34-26)39-2)25-33-22-24(35(25)17-4-3-5-17)23(16-8-6-15(13-31)7-9-16)36(27(22)37)18-10-11-21(30)20(29)12-18/h3-12,14,23H,1-2H3. The van der Waals surface area contributed by atoms with Crippen molar-refractivity contribution in [3.63, 3.8) is 0 Å². The zero-order valence-electron chi connectivity index (χ0n) is 20.6. The molecule has 0 radical (unpaired) electrons. The van der Waals surface area contributed by atoms with E-state index >= 15 is 0 Å². The number of carbonyl (C=O) groups is 1. The normalized spacial score (nSPS) is 15.5. The Hall–Kier alpha value is -5.01. The number of aromatic nitrogens is 4. The molecule has 3 heterocycles. The molecule has 2 aliphatic rings. The van der Waals surface area contributed by atoms with Gasteiger partial charge in [-0.2, -0.15) is 10.2 Å². The third-order valence-corrected chi connectivity index (χ3v) is 6.82. The van der Waals surface area contributed by atoms with Gasteiger partial charge in [-0.25, -0.2) is 14.4 Å². The molecule has 1 aliphatic heterocycles. The first-order chi connectivity index (χ1) is 18.9. The second-order valence-electron chi connectivity index (χ2n) is 8.64. The Morgan fingerprint density at radius 3 is 2.49 bits per heavy atom. The highest BCUT2D eigenvalue weighted by molar-refractivity contribution is 6.31. The minimum absolute atomic E-state index is 0.114. The Balaban J connectivity index is 1.61. The number of fused-ring (bicyclic) bond motifs is 1. The Morgan fingerprint density at radius 1 is 1.10 bits per heavy atom. The van der Waals surface area contributed by atoms with Gasteiger partial charge in [-0.15, -0.1) is 0 Å². The maximum Gasteiger partial charge on any atom is 0.319 e. The molecule has 0 saturated carbocycles. The average Bonchev–Trinajstić information content (AvgIpc) is 3.44. The molecule has 1 unspecified atom stereocenters. The van der Waals surface area contributed by atoms with Crippen LogP contribution in [0.25, 0.3) is 17.1 Å². The fourth-order valence-corrected chi connectivity index (χ4v) is 4.85. The van der Waals surface area contributed by atoms with E-state index < -0.39 is 17.8 Å². The molecule has 1 aliphatic carbocycles. The molecule has 0 N–H and O–H groups in total. The van der Waals surface area contributed by atoms with Gasteiger partial charge in [0.05, 0.1) is 42.1 Å². The van der Waals surface area contributed by atoms with E-state index in [0.29, 0.717) is 28.3 Å². The molecule has 1 amide bonds. The van der Waals surface area contributed by atoms with Crippen molar-refractivity contribution in [1.82, 2.24) is 19.5 Å². The van der Waals surface area contributed by atoms with Crippen molar-refractivity contribution in [2.45, 2.75) is 6.04 Å². The largest absolute Gasteiger partial charge is 0.480 e. The van der Waals surface area contributed by atoms with Crippen LogP contribution in [0.5, 0.6) is 11.9 Å². The Bertz CT molecular complexity index is 1760. The van der Waals surface area contributed by atoms with Crippen molar-refractivity contribution >= 4 is 28.9 Å². The highest BCUT2D eigenvalue weighted by Gasteiger charge is 2.45. The summed E-state index contributed by atoms with van der Waals surface area (Å²) in [6.45, 7) is 0. The molecular weight excluding hydrogens is 523 g/mol. The monoisotopic (exact) mass is 540 g/mol. The molecule has 0 spiro atoms. The first kappa shape index (κ1) is 24.3. The fourth-order valence-electron chi connectivity index (χ4n) is 4.68. The molecule has 0 fully saturated rings. The van der Waals surface area contributed by atoms with Crippen LogP contribution in [0, 0.1) is 17.1 Å². The van der Waals surface area contributed by atoms with Gasteiger partial charge < -0.3 is 9.47 Å². The first-order valence-corrected chi connectivity index (χ1v) is 12.1. The van der Waals surface area contributed by atoms with Crippen molar-refractivity contribution in [2.75, 3.05) is 19.1 Å². The van der Waals surface area contributed by atoms with E-state index in [4.69, 9.17) is 26.1 Å². The van der Waals surface area contributed by atoms with Crippen LogP contribution in [0.2, 0.25) is 5.02 Å². The fraction of sp³-hybridized carbons (Fsp3) is 0.107. The molecule has 1 atom stereocenters. The van der Waals surface area contributed by atoms with E-state index in [1.165, 1.54) is 43.5 Å². The van der Waals surface area contributed by atoms with Gasteiger partial charge in [0.15, 0.2) is 11.5 Å². The number of benzene rings is 2. The zero-order valence-corrected chi connectivity index (χ0v) is 21.3. The van der Waals surface area contributed by atoms with E-state index in [2.05, 4.69) is 16.0 Å². The van der Waals surface area contributed by atoms with Crippen LogP contribution in [0.4, 0.5) is 10.1 Å². The van der Waals surface area contributed by atoms with Gasteiger partial charge in [-0.05, 0) is 48.0 Å². The number of carbonyl (C=O) groups excluding carboxylic acids is 1. The predicted molar refractivity (Wildman–Crippen MR) is 141 cm³/mol. The maximum atomic E-state index is 14.0. The molecular formula is C28H18ClFN6O3. The van der Waals surface area contributed by atoms with Crippen LogP contribution in [0.15, 0.2) is 66.9 Å². The quantitative estimate of drug-likeness (QED) is 0.331. The Kier molecular flexibility index (Phi) is 5.85. The van der Waals surface area contributed by atoms with E-state index in [0.717, 1.165) is 11.3 Å². The van der Waals surface area contributed by atoms with Gasteiger partial charge in [-0.1, -0.05) is 29.8 Å². The molecule has 2 aromatic carbocycles. The summed E-state index contributed by atoms with van der Waals surface area (Å²) in [5.74, 6) is -0.376. The van der Waals surface area contributed by atoms with Crippen molar-refractivity contribution in [3.8, 4) is 29.3 Å². The lowest BCUT2D eigenvalue weighted by Gasteiger charge is -2.28. The number of nitrogens with zero attached hydrogens (tertiary/aromatic N) is 6. The third-order valence-electron chi connectivity index (χ3n) is 6.53. The Labute approximate surface area is 227 Å². The second-order valence-corrected chi connectivity index (χ2v) is 9.05. The number of methoxy groups -OCH3 is 2. The topological polar surface area (TPSA) is 106 Å². The Morgan fingerprint density at radius 2 is 1.87 bits per heavy atom. The molecule has 192 valence electrons. The lowest BCUT2D eigenvalue weighted by atomic mass is 10.0. The number of halogens is 2. The highest BCUT2D eigenvalue weighted by Crippen LogP contribution is 2.46. The van der Waals surface area contributed by atoms with Gasteiger partial charge in [-0.3, -0.25) is 14.3 Å². The average molecular weight is 541 g/mol. The van der Waals surface area contributed by atoms with Crippen molar-refractivity contribution < 1.29 is 18.7 Å². The molecule has 0 saturated heterocycles. The summed E-state index contributed by atoms with van der Waals surface area (Å²) in [6.07, 6.45) is 7.18. The van der Waals surface area contributed by atoms with E-state index in [9.17, 15) is 14.4 Å². The van der Waals surface area contributed by atoms with Gasteiger partial charge in [0.1, 0.15) is 11.9 Å². The van der Waals surface area contributed by atoms with Crippen molar-refractivity contribution in [3.05, 3.63) is 100 Å². The van der Waals surface area contributed by atoms with Gasteiger partial charge in [0.25, 0.3) is 5.91 Å². The highest BCUT2D eigenvalue weighted by atomic mass is 35.5. The number of nitriles is 1. The number of hydrogen-bond acceptors (Lipinski definition) is 7. The van der Waals surface area contributed by atoms with Crippen molar-refractivity contribution in [1.29, 1.82) is 5.26 Å². The minimum atomic E-state index is -0.678. The smallest absolute Gasteiger partial charge is 0.319 e. The zero-order chi connectivity index (χ0) is 27.3. The van der Waals surface area contributed by atoms with E-state index in [1.807, 2.05) is 22.8 Å². The molecule has 11 heteroatoms. The van der Waals surface area contributed by atoms with Gasteiger partial charge in [0, 0.05) is 17.6 Å². The summed E-state index contributed by atoms with van der Waals surface area (Å²) < 4.78 is 26.6. The van der Waals surface area contributed by atoms with Crippen LogP contribution in [-0.2, 0) is 0 Å². The lowest BCUT2D eigenvalue weighted by molar-refractivity contribution is 0.0989. The summed E-state index contributed by atoms with van der Waals surface area (Å²) in [5, 5.41) is 9.21. The molecule has 4 aromatic rings. The second kappa shape index (κ2) is 9.38. The van der Waals surface area contributed by atoms with Gasteiger partial charge >= 0.3 is 6.01 Å². The number of rotatable bonds is 6. The summed E-state index contributed by atoms with van der Waals surface area (Å²) in [4.78, 5) is 28.8. The molecule has 2 aromatic heterocycles. The number of hydrogen-bond donors (Lipinski definition) is 0. The minimum Gasteiger partial charge on any atom is -0.480 e. The molecule has 9 nitrogen and oxygen atoms in total. The summed E-state index contributed by atoms with van der Waals surface area (Å²) in [5.41, 5.74) is 3.59. The van der Waals surface area contributed by atoms with E-state index in [-0.39, 0.29) is 22.6 Å². The number of anilines is 1. The predicted octanol–water partition coefficient (Wildman–Crippen LogP) is 5.18. The van der Waals surface area contributed by atoms with Crippen LogP contribution in [-0.4, -0.2) is 39.6 Å². The first-order valence-electron chi connectivity index (χ1n) is 11.7. The number of ether oxygens (including phenoxy) is 2. The third kappa shape index (κ3) is 3.83. The summed E-state index contributed by atoms with van der Waals surface area (Å²) in [6, 6.07) is 12.6. The van der Waals surface area contributed by atoms with Crippen LogP contribution in [0.3, 0.4) is 0 Å². The molecule has 39 heavy (non-hydrogen) atoms. The SMILES string of the molecule is COc1ncc(-c2nc3c(n2C2=CC=C2)C(c2ccc(C#N)cc2)N(c2ccc(F)c(Cl)c2)C3=O)c(OC)n1. The molecule has 6 rings (SSSR count). The number of allylic oxidation sites excluding steroid dienone is 4. The van der Waals surface area contributed by atoms with E-state index in [1.54, 1.807) is 24.3 Å². The van der Waals surface area contributed by atoms with Crippen LogP contribution in [0.1, 0.15) is 33.4 Å². The lowest BCUT2D eigenvalue weighted by Crippen LogP contribution is -2.30. The van der Waals surface area contributed by atoms with Crippen LogP contribution >= 0.6 is 11.6 Å². The summed E-state index contributed by atoms with van der Waals surface area (Å²) >= 11 is 6.11. The van der Waals surface area contributed by atoms with Crippen molar-refractivity contribution in [2.24, 2.45) is 0 Å². The summed E-state index contributed by atoms with van der Waals surface area (Å²) in [7, 11) is 2.92. The molecule has 0 bridgehead atoms. The van der Waals surface area contributed by atoms with Gasteiger partial charge in [0.2, 0.25) is 5.88 Å². The van der Waals surface area contributed by atoms with Crippen LogP contribution < -0.4 is 14.4 Å². The number of imidazole rings is 1. The number of amides is 1.